The lowest BCUT2D eigenvalue weighted by Gasteiger charge is -2.33. The smallest absolute Gasteiger partial charge is 0.223 e. The van der Waals surface area contributed by atoms with E-state index in [0.717, 1.165) is 62.9 Å². The number of ether oxygens (including phenoxy) is 1. The summed E-state index contributed by atoms with van der Waals surface area (Å²) in [5, 5.41) is 3.13. The fourth-order valence-electron chi connectivity index (χ4n) is 3.13. The monoisotopic (exact) mass is 323 g/mol. The molecule has 6 heteroatoms. The van der Waals surface area contributed by atoms with Crippen molar-refractivity contribution in [3.8, 4) is 0 Å². The van der Waals surface area contributed by atoms with Gasteiger partial charge >= 0.3 is 0 Å². The maximum Gasteiger partial charge on any atom is 0.223 e. The predicted molar refractivity (Wildman–Crippen MR) is 87.0 cm³/mol. The van der Waals surface area contributed by atoms with E-state index in [1.807, 2.05) is 11.8 Å². The fraction of sp³-hybridized carbons (Fsp3) is 0.750. The van der Waals surface area contributed by atoms with Gasteiger partial charge in [-0.25, -0.2) is 4.98 Å². The number of hydrogen-bond donors (Lipinski definition) is 0. The van der Waals surface area contributed by atoms with Crippen LogP contribution in [0.3, 0.4) is 0 Å². The highest BCUT2D eigenvalue weighted by atomic mass is 32.1. The first-order chi connectivity index (χ1) is 10.7. The number of likely N-dealkylation sites (tertiary alicyclic amines) is 1. The van der Waals surface area contributed by atoms with Crippen molar-refractivity contribution < 1.29 is 9.53 Å². The lowest BCUT2D eigenvalue weighted by molar-refractivity contribution is -0.132. The van der Waals surface area contributed by atoms with Crippen LogP contribution in [0.1, 0.15) is 42.5 Å². The van der Waals surface area contributed by atoms with E-state index in [1.54, 1.807) is 11.3 Å². The Labute approximate surface area is 136 Å². The summed E-state index contributed by atoms with van der Waals surface area (Å²) in [6.07, 6.45) is 4.28. The minimum Gasteiger partial charge on any atom is -0.368 e. The Morgan fingerprint density at radius 3 is 2.91 bits per heavy atom. The van der Waals surface area contributed by atoms with Crippen LogP contribution in [0, 0.1) is 6.92 Å². The van der Waals surface area contributed by atoms with Gasteiger partial charge in [-0.05, 0) is 26.2 Å². The second kappa shape index (κ2) is 7.53. The molecule has 0 bridgehead atoms. The Hall–Kier alpha value is -0.980. The van der Waals surface area contributed by atoms with Gasteiger partial charge in [0.15, 0.2) is 0 Å². The van der Waals surface area contributed by atoms with Gasteiger partial charge in [-0.15, -0.1) is 11.3 Å². The molecule has 0 aromatic carbocycles. The zero-order valence-corrected chi connectivity index (χ0v) is 14.1. The zero-order valence-electron chi connectivity index (χ0n) is 13.3. The van der Waals surface area contributed by atoms with Crippen molar-refractivity contribution in [1.29, 1.82) is 0 Å². The molecular formula is C16H25N3O2S. The van der Waals surface area contributed by atoms with Gasteiger partial charge in [-0.3, -0.25) is 9.69 Å². The van der Waals surface area contributed by atoms with Crippen LogP contribution in [0.2, 0.25) is 0 Å². The third-order valence-corrected chi connectivity index (χ3v) is 5.47. The van der Waals surface area contributed by atoms with Gasteiger partial charge in [-0.1, -0.05) is 0 Å². The van der Waals surface area contributed by atoms with E-state index in [9.17, 15) is 4.79 Å². The highest BCUT2D eigenvalue weighted by Gasteiger charge is 2.25. The number of nitrogens with zero attached hydrogens (tertiary/aromatic N) is 3. The molecule has 3 heterocycles. The van der Waals surface area contributed by atoms with Crippen LogP contribution in [0.25, 0.3) is 0 Å². The molecule has 2 saturated heterocycles. The lowest BCUT2D eigenvalue weighted by Crippen LogP contribution is -2.42. The van der Waals surface area contributed by atoms with Gasteiger partial charge in [0.25, 0.3) is 0 Å². The summed E-state index contributed by atoms with van der Waals surface area (Å²) in [5.74, 6) is 0.313. The maximum atomic E-state index is 12.3. The van der Waals surface area contributed by atoms with E-state index >= 15 is 0 Å². The van der Waals surface area contributed by atoms with E-state index < -0.39 is 0 Å². The molecule has 122 valence electrons. The number of carbonyl (C=O) groups excluding carboxylic acids is 1. The number of rotatable bonds is 4. The largest absolute Gasteiger partial charge is 0.368 e. The summed E-state index contributed by atoms with van der Waals surface area (Å²) in [6, 6.07) is 0. The van der Waals surface area contributed by atoms with Crippen LogP contribution in [-0.4, -0.2) is 60.0 Å². The van der Waals surface area contributed by atoms with Crippen LogP contribution in [0.4, 0.5) is 0 Å². The average Bonchev–Trinajstić information content (AvgIpc) is 3.00. The fourth-order valence-corrected chi connectivity index (χ4v) is 3.97. The number of hydrogen-bond acceptors (Lipinski definition) is 5. The quantitative estimate of drug-likeness (QED) is 0.852. The number of piperidine rings is 1. The molecular weight excluding hydrogens is 298 g/mol. The first kappa shape index (κ1) is 15.9. The molecule has 0 N–H and O–H groups in total. The molecule has 0 radical (unpaired) electrons. The Balaban J connectivity index is 1.47. The van der Waals surface area contributed by atoms with E-state index in [2.05, 4.69) is 15.3 Å². The zero-order chi connectivity index (χ0) is 15.4. The molecule has 2 aliphatic heterocycles. The van der Waals surface area contributed by atoms with Gasteiger partial charge in [0.05, 0.1) is 6.61 Å². The van der Waals surface area contributed by atoms with Crippen molar-refractivity contribution in [3.05, 3.63) is 16.1 Å². The highest BCUT2D eigenvalue weighted by molar-refractivity contribution is 7.09. The summed E-state index contributed by atoms with van der Waals surface area (Å²) < 4.78 is 5.84. The second-order valence-corrected chi connectivity index (χ2v) is 7.07. The van der Waals surface area contributed by atoms with Gasteiger partial charge < -0.3 is 9.64 Å². The Morgan fingerprint density at radius 2 is 2.18 bits per heavy atom. The van der Waals surface area contributed by atoms with E-state index in [4.69, 9.17) is 4.74 Å². The maximum absolute atomic E-state index is 12.3. The van der Waals surface area contributed by atoms with Crippen molar-refractivity contribution in [2.45, 2.75) is 38.7 Å². The highest BCUT2D eigenvalue weighted by Crippen LogP contribution is 2.25. The van der Waals surface area contributed by atoms with E-state index in [-0.39, 0.29) is 6.10 Å². The van der Waals surface area contributed by atoms with Gasteiger partial charge in [0.2, 0.25) is 5.91 Å². The molecule has 2 fully saturated rings. The molecule has 1 amide bonds. The van der Waals surface area contributed by atoms with Crippen LogP contribution in [-0.2, 0) is 9.53 Å². The number of amides is 1. The molecule has 1 aromatic heterocycles. The standard InChI is InChI=1S/C16H25N3O2S/c1-13-12-22-16(17-13)14-11-18(9-10-21-14)8-5-15(20)19-6-3-2-4-7-19/h12,14H,2-11H2,1H3/t14-/m1/s1. The molecule has 0 saturated carbocycles. The van der Waals surface area contributed by atoms with Gasteiger partial charge in [0.1, 0.15) is 11.1 Å². The average molecular weight is 323 g/mol. The molecule has 0 aliphatic carbocycles. The number of aromatic nitrogens is 1. The van der Waals surface area contributed by atoms with Gasteiger partial charge in [0, 0.05) is 50.2 Å². The van der Waals surface area contributed by atoms with E-state index in [0.29, 0.717) is 12.3 Å². The van der Waals surface area contributed by atoms with E-state index in [1.165, 1.54) is 6.42 Å². The summed E-state index contributed by atoms with van der Waals surface area (Å²) in [6.45, 7) is 7.22. The van der Waals surface area contributed by atoms with Crippen molar-refractivity contribution in [2.24, 2.45) is 0 Å². The first-order valence-electron chi connectivity index (χ1n) is 8.26. The third kappa shape index (κ3) is 4.06. The third-order valence-electron chi connectivity index (χ3n) is 4.41. The Bertz CT molecular complexity index is 499. The molecule has 5 nitrogen and oxygen atoms in total. The number of morpholine rings is 1. The van der Waals surface area contributed by atoms with Crippen LogP contribution in [0.15, 0.2) is 5.38 Å². The minimum absolute atomic E-state index is 0.0672. The summed E-state index contributed by atoms with van der Waals surface area (Å²) in [7, 11) is 0. The van der Waals surface area contributed by atoms with Crippen molar-refractivity contribution in [3.63, 3.8) is 0 Å². The molecule has 2 aliphatic rings. The van der Waals surface area contributed by atoms with Crippen molar-refractivity contribution in [2.75, 3.05) is 39.3 Å². The Kier molecular flexibility index (Phi) is 5.44. The molecule has 0 unspecified atom stereocenters. The van der Waals surface area contributed by atoms with Crippen molar-refractivity contribution >= 4 is 17.2 Å². The predicted octanol–water partition coefficient (Wildman–Crippen LogP) is 2.23. The molecule has 1 aromatic rings. The minimum atomic E-state index is 0.0672. The van der Waals surface area contributed by atoms with Crippen LogP contribution >= 0.6 is 11.3 Å². The summed E-state index contributed by atoms with van der Waals surface area (Å²) in [4.78, 5) is 21.2. The normalized spacial score (nSPS) is 23.7. The second-order valence-electron chi connectivity index (χ2n) is 6.18. The number of aryl methyl sites for hydroxylation is 1. The van der Waals surface area contributed by atoms with Crippen LogP contribution < -0.4 is 0 Å². The topological polar surface area (TPSA) is 45.7 Å². The van der Waals surface area contributed by atoms with Crippen LogP contribution in [0.5, 0.6) is 0 Å². The molecule has 3 rings (SSSR count). The summed E-state index contributed by atoms with van der Waals surface area (Å²) in [5.41, 5.74) is 1.06. The van der Waals surface area contributed by atoms with Gasteiger partial charge in [-0.2, -0.15) is 0 Å². The number of thiazole rings is 1. The first-order valence-corrected chi connectivity index (χ1v) is 9.14. The molecule has 22 heavy (non-hydrogen) atoms. The molecule has 0 spiro atoms. The summed E-state index contributed by atoms with van der Waals surface area (Å²) >= 11 is 1.67. The lowest BCUT2D eigenvalue weighted by atomic mass is 10.1. The Morgan fingerprint density at radius 1 is 1.36 bits per heavy atom. The molecule has 1 atom stereocenters. The number of carbonyl (C=O) groups is 1. The SMILES string of the molecule is Cc1csc([C@H]2CN(CCC(=O)N3CCCCC3)CCO2)n1. The van der Waals surface area contributed by atoms with Crippen molar-refractivity contribution in [1.82, 2.24) is 14.8 Å².